The van der Waals surface area contributed by atoms with E-state index < -0.39 is 0 Å². The lowest BCUT2D eigenvalue weighted by Gasteiger charge is -2.25. The van der Waals surface area contributed by atoms with Gasteiger partial charge in [0.1, 0.15) is 5.75 Å². The zero-order chi connectivity index (χ0) is 14.8. The van der Waals surface area contributed by atoms with Gasteiger partial charge in [-0.25, -0.2) is 0 Å². The van der Waals surface area contributed by atoms with E-state index >= 15 is 0 Å². The predicted octanol–water partition coefficient (Wildman–Crippen LogP) is 4.29. The summed E-state index contributed by atoms with van der Waals surface area (Å²) in [6, 6.07) is 8.90. The summed E-state index contributed by atoms with van der Waals surface area (Å²) >= 11 is 1.75. The van der Waals surface area contributed by atoms with Crippen molar-refractivity contribution in [2.45, 2.75) is 45.4 Å². The summed E-state index contributed by atoms with van der Waals surface area (Å²) in [5.41, 5.74) is 9.35. The highest BCUT2D eigenvalue weighted by Crippen LogP contribution is 2.36. The van der Waals surface area contributed by atoms with Gasteiger partial charge >= 0.3 is 0 Å². The Bertz CT molecular complexity index is 591. The monoisotopic (exact) mass is 302 g/mol. The van der Waals surface area contributed by atoms with E-state index in [1.54, 1.807) is 11.3 Å². The van der Waals surface area contributed by atoms with Gasteiger partial charge in [-0.1, -0.05) is 0 Å². The van der Waals surface area contributed by atoms with Gasteiger partial charge in [0.25, 0.3) is 0 Å². The lowest BCUT2D eigenvalue weighted by atomic mass is 10.2. The van der Waals surface area contributed by atoms with E-state index in [-0.39, 0.29) is 6.10 Å². The van der Waals surface area contributed by atoms with Gasteiger partial charge in [0.05, 0.1) is 6.10 Å². The van der Waals surface area contributed by atoms with E-state index in [4.69, 9.17) is 10.5 Å². The molecule has 0 aliphatic heterocycles. The Kier molecular flexibility index (Phi) is 4.06. The SMILES string of the molecule is CC(C)Oc1cc(N)cc(N(Cc2ccsc2)C2CC2)c1. The number of hydrogen-bond donors (Lipinski definition) is 1. The molecule has 0 amide bonds. The number of thiophene rings is 1. The first-order chi connectivity index (χ1) is 10.1. The molecule has 1 heterocycles. The van der Waals surface area contributed by atoms with Crippen molar-refractivity contribution in [1.29, 1.82) is 0 Å². The molecule has 0 radical (unpaired) electrons. The molecular weight excluding hydrogens is 280 g/mol. The lowest BCUT2D eigenvalue weighted by Crippen LogP contribution is -2.25. The van der Waals surface area contributed by atoms with Gasteiger partial charge in [0.2, 0.25) is 0 Å². The average Bonchev–Trinajstić information content (AvgIpc) is 3.11. The van der Waals surface area contributed by atoms with Crippen molar-refractivity contribution in [3.05, 3.63) is 40.6 Å². The van der Waals surface area contributed by atoms with E-state index in [0.717, 1.165) is 18.0 Å². The maximum Gasteiger partial charge on any atom is 0.123 e. The predicted molar refractivity (Wildman–Crippen MR) is 90.1 cm³/mol. The van der Waals surface area contributed by atoms with E-state index in [1.807, 2.05) is 19.9 Å². The van der Waals surface area contributed by atoms with Gasteiger partial charge in [-0.2, -0.15) is 11.3 Å². The lowest BCUT2D eigenvalue weighted by molar-refractivity contribution is 0.242. The zero-order valence-electron chi connectivity index (χ0n) is 12.6. The molecule has 1 aromatic carbocycles. The van der Waals surface area contributed by atoms with Gasteiger partial charge in [-0.05, 0) is 55.1 Å². The summed E-state index contributed by atoms with van der Waals surface area (Å²) in [7, 11) is 0. The van der Waals surface area contributed by atoms with Gasteiger partial charge in [0, 0.05) is 36.1 Å². The molecule has 1 fully saturated rings. The molecule has 21 heavy (non-hydrogen) atoms. The summed E-state index contributed by atoms with van der Waals surface area (Å²) in [5.74, 6) is 0.857. The normalized spacial score (nSPS) is 14.4. The third kappa shape index (κ3) is 3.70. The van der Waals surface area contributed by atoms with Crippen LogP contribution in [0.15, 0.2) is 35.0 Å². The van der Waals surface area contributed by atoms with Crippen LogP contribution in [-0.2, 0) is 6.54 Å². The highest BCUT2D eigenvalue weighted by atomic mass is 32.1. The summed E-state index contributed by atoms with van der Waals surface area (Å²) in [6.45, 7) is 5.01. The Hall–Kier alpha value is -1.68. The van der Waals surface area contributed by atoms with Crippen molar-refractivity contribution in [3.63, 3.8) is 0 Å². The number of rotatable bonds is 6. The molecule has 0 unspecified atom stereocenters. The van der Waals surface area contributed by atoms with Gasteiger partial charge < -0.3 is 15.4 Å². The number of ether oxygens (including phenoxy) is 1. The molecule has 3 rings (SSSR count). The quantitative estimate of drug-likeness (QED) is 0.809. The van der Waals surface area contributed by atoms with Crippen molar-refractivity contribution in [2.24, 2.45) is 0 Å². The Balaban J connectivity index is 1.86. The number of anilines is 2. The largest absolute Gasteiger partial charge is 0.491 e. The van der Waals surface area contributed by atoms with Crippen molar-refractivity contribution >= 4 is 22.7 Å². The molecule has 0 atom stereocenters. The van der Waals surface area contributed by atoms with Crippen molar-refractivity contribution in [3.8, 4) is 5.75 Å². The van der Waals surface area contributed by atoms with Crippen molar-refractivity contribution in [2.75, 3.05) is 10.6 Å². The molecule has 112 valence electrons. The van der Waals surface area contributed by atoms with E-state index in [2.05, 4.69) is 33.9 Å². The molecular formula is C17H22N2OS. The fraction of sp³-hybridized carbons (Fsp3) is 0.412. The van der Waals surface area contributed by atoms with Crippen LogP contribution >= 0.6 is 11.3 Å². The zero-order valence-corrected chi connectivity index (χ0v) is 13.4. The minimum absolute atomic E-state index is 0.158. The van der Waals surface area contributed by atoms with Crippen LogP contribution in [0.3, 0.4) is 0 Å². The van der Waals surface area contributed by atoms with Crippen LogP contribution in [0.4, 0.5) is 11.4 Å². The third-order valence-corrected chi connectivity index (χ3v) is 4.27. The molecule has 2 N–H and O–H groups in total. The first kappa shape index (κ1) is 14.3. The molecule has 1 aliphatic rings. The topological polar surface area (TPSA) is 38.5 Å². The van der Waals surface area contributed by atoms with Crippen LogP contribution < -0.4 is 15.4 Å². The summed E-state index contributed by atoms with van der Waals surface area (Å²) in [4.78, 5) is 2.45. The summed E-state index contributed by atoms with van der Waals surface area (Å²) < 4.78 is 5.82. The van der Waals surface area contributed by atoms with E-state index in [1.165, 1.54) is 24.1 Å². The van der Waals surface area contributed by atoms with E-state index in [0.29, 0.717) is 6.04 Å². The Morgan fingerprint density at radius 2 is 2.14 bits per heavy atom. The minimum atomic E-state index is 0.158. The third-order valence-electron chi connectivity index (χ3n) is 3.54. The number of nitrogen functional groups attached to an aromatic ring is 1. The van der Waals surface area contributed by atoms with Crippen molar-refractivity contribution in [1.82, 2.24) is 0 Å². The van der Waals surface area contributed by atoms with Crippen LogP contribution in [0.1, 0.15) is 32.3 Å². The molecule has 0 spiro atoms. The van der Waals surface area contributed by atoms with Crippen LogP contribution in [-0.4, -0.2) is 12.1 Å². The number of nitrogens with two attached hydrogens (primary N) is 1. The van der Waals surface area contributed by atoms with E-state index in [9.17, 15) is 0 Å². The molecule has 2 aromatic rings. The highest BCUT2D eigenvalue weighted by Gasteiger charge is 2.29. The molecule has 0 bridgehead atoms. The Morgan fingerprint density at radius 3 is 2.76 bits per heavy atom. The van der Waals surface area contributed by atoms with Gasteiger partial charge in [-0.3, -0.25) is 0 Å². The molecule has 1 aliphatic carbocycles. The average molecular weight is 302 g/mol. The molecule has 1 aromatic heterocycles. The van der Waals surface area contributed by atoms with Gasteiger partial charge in [-0.15, -0.1) is 0 Å². The molecule has 4 heteroatoms. The second-order valence-corrected chi connectivity index (χ2v) is 6.70. The maximum absolute atomic E-state index is 6.06. The smallest absolute Gasteiger partial charge is 0.123 e. The van der Waals surface area contributed by atoms with Crippen LogP contribution in [0.2, 0.25) is 0 Å². The number of benzene rings is 1. The van der Waals surface area contributed by atoms with Crippen LogP contribution in [0.5, 0.6) is 5.75 Å². The molecule has 0 saturated heterocycles. The summed E-state index contributed by atoms with van der Waals surface area (Å²) in [5, 5.41) is 4.35. The number of nitrogens with zero attached hydrogens (tertiary/aromatic N) is 1. The molecule has 1 saturated carbocycles. The van der Waals surface area contributed by atoms with Crippen molar-refractivity contribution < 1.29 is 4.74 Å². The van der Waals surface area contributed by atoms with Crippen LogP contribution in [0, 0.1) is 0 Å². The number of hydrogen-bond acceptors (Lipinski definition) is 4. The standard InChI is InChI=1S/C17H22N2OS/c1-12(2)20-17-8-14(18)7-16(9-17)19(15-3-4-15)10-13-5-6-21-11-13/h5-9,11-12,15H,3-4,10,18H2,1-2H3. The first-order valence-corrected chi connectivity index (χ1v) is 8.41. The summed E-state index contributed by atoms with van der Waals surface area (Å²) in [6.07, 6.45) is 2.68. The van der Waals surface area contributed by atoms with Gasteiger partial charge in [0.15, 0.2) is 0 Å². The highest BCUT2D eigenvalue weighted by molar-refractivity contribution is 7.07. The van der Waals surface area contributed by atoms with Crippen LogP contribution in [0.25, 0.3) is 0 Å². The second kappa shape index (κ2) is 5.98. The second-order valence-electron chi connectivity index (χ2n) is 5.92. The Labute approximate surface area is 130 Å². The first-order valence-electron chi connectivity index (χ1n) is 7.47. The molecule has 3 nitrogen and oxygen atoms in total. The fourth-order valence-electron chi connectivity index (χ4n) is 2.51. The Morgan fingerprint density at radius 1 is 1.33 bits per heavy atom. The maximum atomic E-state index is 6.06. The fourth-order valence-corrected chi connectivity index (χ4v) is 3.17. The minimum Gasteiger partial charge on any atom is -0.491 e.